The second kappa shape index (κ2) is 6.07. The highest BCUT2D eigenvalue weighted by molar-refractivity contribution is 6.20. The molecule has 0 radical (unpaired) electrons. The van der Waals surface area contributed by atoms with Crippen molar-refractivity contribution in [3.05, 3.63) is 0 Å². The Morgan fingerprint density at radius 3 is 2.33 bits per heavy atom. The Morgan fingerprint density at radius 2 is 1.60 bits per heavy atom. The second-order valence-electron chi connectivity index (χ2n) is 4.94. The van der Waals surface area contributed by atoms with Crippen LogP contribution in [0.4, 0.5) is 0 Å². The highest BCUT2D eigenvalue weighted by Gasteiger charge is 2.17. The van der Waals surface area contributed by atoms with Gasteiger partial charge in [-0.15, -0.1) is 11.6 Å². The molecule has 0 spiro atoms. The van der Waals surface area contributed by atoms with Gasteiger partial charge >= 0.3 is 0 Å². The number of piperidine rings is 1. The molecule has 2 aliphatic rings. The van der Waals surface area contributed by atoms with Gasteiger partial charge in [0.2, 0.25) is 0 Å². The van der Waals surface area contributed by atoms with Crippen molar-refractivity contribution in [2.75, 3.05) is 39.3 Å². The predicted molar refractivity (Wildman–Crippen MR) is 65.6 cm³/mol. The second-order valence-corrected chi connectivity index (χ2v) is 5.56. The SMILES string of the molecule is ClC1CCCN(CCCN2CCCC2)C1. The van der Waals surface area contributed by atoms with Gasteiger partial charge in [-0.1, -0.05) is 0 Å². The number of likely N-dealkylation sites (tertiary alicyclic amines) is 2. The van der Waals surface area contributed by atoms with Gasteiger partial charge in [0.25, 0.3) is 0 Å². The lowest BCUT2D eigenvalue weighted by Crippen LogP contribution is -2.37. The van der Waals surface area contributed by atoms with Crippen molar-refractivity contribution >= 4 is 11.6 Å². The van der Waals surface area contributed by atoms with Gasteiger partial charge in [0, 0.05) is 11.9 Å². The smallest absolute Gasteiger partial charge is 0.0463 e. The fraction of sp³-hybridized carbons (Fsp3) is 1.00. The summed E-state index contributed by atoms with van der Waals surface area (Å²) in [7, 11) is 0. The first-order chi connectivity index (χ1) is 7.34. The molecule has 2 rings (SSSR count). The standard InChI is InChI=1S/C12H23ClN2/c13-12-5-3-8-15(11-12)10-4-9-14-6-1-2-7-14/h12H,1-11H2. The number of hydrogen-bond acceptors (Lipinski definition) is 2. The van der Waals surface area contributed by atoms with E-state index in [9.17, 15) is 0 Å². The van der Waals surface area contributed by atoms with E-state index in [1.54, 1.807) is 0 Å². The zero-order chi connectivity index (χ0) is 10.5. The lowest BCUT2D eigenvalue weighted by atomic mass is 10.1. The van der Waals surface area contributed by atoms with E-state index in [1.807, 2.05) is 0 Å². The third kappa shape index (κ3) is 3.93. The van der Waals surface area contributed by atoms with Crippen LogP contribution in [0.15, 0.2) is 0 Å². The largest absolute Gasteiger partial charge is 0.303 e. The maximum Gasteiger partial charge on any atom is 0.0463 e. The zero-order valence-electron chi connectivity index (χ0n) is 9.63. The van der Waals surface area contributed by atoms with E-state index in [0.29, 0.717) is 5.38 Å². The van der Waals surface area contributed by atoms with E-state index < -0.39 is 0 Å². The Hall–Kier alpha value is 0.210. The van der Waals surface area contributed by atoms with Gasteiger partial charge in [-0.25, -0.2) is 0 Å². The summed E-state index contributed by atoms with van der Waals surface area (Å²) < 4.78 is 0. The van der Waals surface area contributed by atoms with E-state index in [0.717, 1.165) is 6.54 Å². The highest BCUT2D eigenvalue weighted by Crippen LogP contribution is 2.15. The fourth-order valence-electron chi connectivity index (χ4n) is 2.73. The van der Waals surface area contributed by atoms with E-state index in [1.165, 1.54) is 64.8 Å². The van der Waals surface area contributed by atoms with Crippen LogP contribution in [0.3, 0.4) is 0 Å². The molecule has 15 heavy (non-hydrogen) atoms. The third-order valence-electron chi connectivity index (χ3n) is 3.60. The first-order valence-corrected chi connectivity index (χ1v) is 6.87. The van der Waals surface area contributed by atoms with Crippen LogP contribution in [-0.2, 0) is 0 Å². The zero-order valence-corrected chi connectivity index (χ0v) is 10.4. The minimum Gasteiger partial charge on any atom is -0.303 e. The van der Waals surface area contributed by atoms with Crippen molar-refractivity contribution in [1.82, 2.24) is 9.80 Å². The molecule has 0 aromatic heterocycles. The molecule has 2 aliphatic heterocycles. The van der Waals surface area contributed by atoms with E-state index in [4.69, 9.17) is 11.6 Å². The molecule has 2 saturated heterocycles. The van der Waals surface area contributed by atoms with Gasteiger partial charge in [-0.3, -0.25) is 0 Å². The van der Waals surface area contributed by atoms with Crippen LogP contribution >= 0.6 is 11.6 Å². The summed E-state index contributed by atoms with van der Waals surface area (Å²) in [6, 6.07) is 0. The molecule has 0 aromatic carbocycles. The molecule has 0 bridgehead atoms. The predicted octanol–water partition coefficient (Wildman–Crippen LogP) is 2.18. The lowest BCUT2D eigenvalue weighted by molar-refractivity contribution is 0.214. The lowest BCUT2D eigenvalue weighted by Gasteiger charge is -2.30. The summed E-state index contributed by atoms with van der Waals surface area (Å²) in [5, 5.41) is 0.408. The summed E-state index contributed by atoms with van der Waals surface area (Å²) in [5.41, 5.74) is 0. The first kappa shape index (κ1) is 11.7. The molecule has 0 N–H and O–H groups in total. The van der Waals surface area contributed by atoms with E-state index >= 15 is 0 Å². The van der Waals surface area contributed by atoms with Crippen LogP contribution < -0.4 is 0 Å². The van der Waals surface area contributed by atoms with Gasteiger partial charge in [-0.05, 0) is 64.8 Å². The molecule has 0 aromatic rings. The quantitative estimate of drug-likeness (QED) is 0.684. The van der Waals surface area contributed by atoms with Gasteiger partial charge in [0.15, 0.2) is 0 Å². The molecule has 1 atom stereocenters. The van der Waals surface area contributed by atoms with Gasteiger partial charge in [0.1, 0.15) is 0 Å². The van der Waals surface area contributed by atoms with Crippen molar-refractivity contribution in [2.24, 2.45) is 0 Å². The molecule has 0 amide bonds. The van der Waals surface area contributed by atoms with Crippen LogP contribution in [0.2, 0.25) is 0 Å². The van der Waals surface area contributed by atoms with Crippen LogP contribution in [0.1, 0.15) is 32.1 Å². The number of rotatable bonds is 4. The normalized spacial score (nSPS) is 29.8. The summed E-state index contributed by atoms with van der Waals surface area (Å²) in [4.78, 5) is 5.14. The van der Waals surface area contributed by atoms with Crippen LogP contribution in [0.5, 0.6) is 0 Å². The maximum absolute atomic E-state index is 6.17. The minimum atomic E-state index is 0.408. The van der Waals surface area contributed by atoms with Crippen LogP contribution in [0.25, 0.3) is 0 Å². The average molecular weight is 231 g/mol. The molecule has 2 nitrogen and oxygen atoms in total. The number of nitrogens with zero attached hydrogens (tertiary/aromatic N) is 2. The molecule has 3 heteroatoms. The monoisotopic (exact) mass is 230 g/mol. The van der Waals surface area contributed by atoms with Gasteiger partial charge in [-0.2, -0.15) is 0 Å². The van der Waals surface area contributed by atoms with Crippen molar-refractivity contribution in [3.63, 3.8) is 0 Å². The molecule has 0 aliphatic carbocycles. The van der Waals surface area contributed by atoms with Gasteiger partial charge in [0.05, 0.1) is 0 Å². The summed E-state index contributed by atoms with van der Waals surface area (Å²) in [5.74, 6) is 0. The highest BCUT2D eigenvalue weighted by atomic mass is 35.5. The molecular weight excluding hydrogens is 208 g/mol. The first-order valence-electron chi connectivity index (χ1n) is 6.43. The van der Waals surface area contributed by atoms with Gasteiger partial charge < -0.3 is 9.80 Å². The van der Waals surface area contributed by atoms with Crippen LogP contribution in [-0.4, -0.2) is 54.4 Å². The Bertz CT molecular complexity index is 180. The Labute approximate surface area is 98.6 Å². The maximum atomic E-state index is 6.17. The number of alkyl halides is 1. The molecule has 1 unspecified atom stereocenters. The average Bonchev–Trinajstić information content (AvgIpc) is 2.71. The summed E-state index contributed by atoms with van der Waals surface area (Å²) in [6.07, 6.45) is 6.65. The number of hydrogen-bond donors (Lipinski definition) is 0. The van der Waals surface area contributed by atoms with Crippen molar-refractivity contribution < 1.29 is 0 Å². The van der Waals surface area contributed by atoms with E-state index in [2.05, 4.69) is 9.80 Å². The van der Waals surface area contributed by atoms with Crippen LogP contribution in [0, 0.1) is 0 Å². The molecular formula is C12H23ClN2. The molecule has 88 valence electrons. The Kier molecular flexibility index (Phi) is 4.73. The van der Waals surface area contributed by atoms with Crippen molar-refractivity contribution in [1.29, 1.82) is 0 Å². The van der Waals surface area contributed by atoms with Crippen molar-refractivity contribution in [3.8, 4) is 0 Å². The molecule has 2 fully saturated rings. The summed E-state index contributed by atoms with van der Waals surface area (Å²) >= 11 is 6.17. The topological polar surface area (TPSA) is 6.48 Å². The fourth-order valence-corrected chi connectivity index (χ4v) is 3.08. The van der Waals surface area contributed by atoms with E-state index in [-0.39, 0.29) is 0 Å². The van der Waals surface area contributed by atoms with Crippen molar-refractivity contribution in [2.45, 2.75) is 37.5 Å². The summed E-state index contributed by atoms with van der Waals surface area (Å²) in [6.45, 7) is 7.59. The molecule has 2 heterocycles. The Morgan fingerprint density at radius 1 is 0.933 bits per heavy atom. The molecule has 0 saturated carbocycles. The number of halogens is 1. The third-order valence-corrected chi connectivity index (χ3v) is 3.95. The minimum absolute atomic E-state index is 0.408. The Balaban J connectivity index is 1.56.